The monoisotopic (exact) mass is 157 g/mol. The fourth-order valence-corrected chi connectivity index (χ4v) is 1.03. The Kier molecular flexibility index (Phi) is 2.39. The molecule has 0 aromatic rings. The number of ether oxygens (including phenoxy) is 1. The van der Waals surface area contributed by atoms with Crippen LogP contribution in [0.4, 0.5) is 0 Å². The van der Waals surface area contributed by atoms with Gasteiger partial charge in [-0.3, -0.25) is 0 Å². The first-order valence-electron chi connectivity index (χ1n) is 2.71. The molecule has 0 aromatic heterocycles. The van der Waals surface area contributed by atoms with E-state index in [1.165, 1.54) is 19.1 Å². The Morgan fingerprint density at radius 2 is 2.60 bits per heavy atom. The first kappa shape index (κ1) is 7.21. The van der Waals surface area contributed by atoms with Crippen LogP contribution in [0.3, 0.4) is 0 Å². The Labute approximate surface area is 63.3 Å². The lowest BCUT2D eigenvalue weighted by atomic mass is 10.4. The summed E-state index contributed by atoms with van der Waals surface area (Å²) in [5, 5.41) is 1.84. The molecule has 1 N–H and O–H groups in total. The zero-order chi connectivity index (χ0) is 7.40. The smallest absolute Gasteiger partial charge is 0.354 e. The van der Waals surface area contributed by atoms with Crippen LogP contribution in [0.2, 0.25) is 0 Å². The van der Waals surface area contributed by atoms with Crippen LogP contribution in [-0.4, -0.2) is 13.1 Å². The molecule has 1 aliphatic rings. The van der Waals surface area contributed by atoms with Crippen molar-refractivity contribution in [3.63, 3.8) is 0 Å². The lowest BCUT2D eigenvalue weighted by Crippen LogP contribution is -2.16. The molecule has 1 rings (SSSR count). The Balaban J connectivity index is 2.62. The SMILES string of the molecule is COC(=O)C1=CC=CSN1. The highest BCUT2D eigenvalue weighted by molar-refractivity contribution is 8.00. The molecule has 10 heavy (non-hydrogen) atoms. The van der Waals surface area contributed by atoms with Crippen LogP contribution < -0.4 is 4.72 Å². The van der Waals surface area contributed by atoms with E-state index in [0.29, 0.717) is 5.70 Å². The van der Waals surface area contributed by atoms with Crippen molar-refractivity contribution >= 4 is 17.9 Å². The largest absolute Gasteiger partial charge is 0.464 e. The summed E-state index contributed by atoms with van der Waals surface area (Å²) in [7, 11) is 1.36. The van der Waals surface area contributed by atoms with Crippen molar-refractivity contribution in [3.8, 4) is 0 Å². The molecular weight excluding hydrogens is 150 g/mol. The van der Waals surface area contributed by atoms with Gasteiger partial charge < -0.3 is 9.46 Å². The van der Waals surface area contributed by atoms with Gasteiger partial charge in [0.05, 0.1) is 7.11 Å². The molecule has 0 radical (unpaired) electrons. The van der Waals surface area contributed by atoms with Gasteiger partial charge in [-0.25, -0.2) is 4.79 Å². The third kappa shape index (κ3) is 1.54. The van der Waals surface area contributed by atoms with Gasteiger partial charge in [-0.2, -0.15) is 0 Å². The number of allylic oxidation sites excluding steroid dienone is 2. The molecule has 3 nitrogen and oxygen atoms in total. The zero-order valence-corrected chi connectivity index (χ0v) is 6.27. The second-order valence-electron chi connectivity index (χ2n) is 1.62. The van der Waals surface area contributed by atoms with Gasteiger partial charge in [-0.05, 0) is 23.4 Å². The summed E-state index contributed by atoms with van der Waals surface area (Å²) in [6, 6.07) is 0. The van der Waals surface area contributed by atoms with Crippen molar-refractivity contribution in [1.29, 1.82) is 0 Å². The van der Waals surface area contributed by atoms with Crippen molar-refractivity contribution < 1.29 is 9.53 Å². The van der Waals surface area contributed by atoms with Crippen LogP contribution in [0.15, 0.2) is 23.3 Å². The van der Waals surface area contributed by atoms with Crippen molar-refractivity contribution in [2.75, 3.05) is 7.11 Å². The van der Waals surface area contributed by atoms with Crippen LogP contribution in [0.1, 0.15) is 0 Å². The van der Waals surface area contributed by atoms with E-state index < -0.39 is 0 Å². The maximum Gasteiger partial charge on any atom is 0.354 e. The topological polar surface area (TPSA) is 38.3 Å². The van der Waals surface area contributed by atoms with Gasteiger partial charge >= 0.3 is 5.97 Å². The minimum Gasteiger partial charge on any atom is -0.464 e. The second kappa shape index (κ2) is 3.31. The first-order valence-corrected chi connectivity index (χ1v) is 3.59. The van der Waals surface area contributed by atoms with E-state index in [0.717, 1.165) is 0 Å². The number of methoxy groups -OCH3 is 1. The number of hydrogen-bond donors (Lipinski definition) is 1. The van der Waals surface area contributed by atoms with Crippen LogP contribution >= 0.6 is 11.9 Å². The molecule has 0 saturated carbocycles. The van der Waals surface area contributed by atoms with Crippen LogP contribution in [0.25, 0.3) is 0 Å². The van der Waals surface area contributed by atoms with Crippen molar-refractivity contribution in [1.82, 2.24) is 4.72 Å². The van der Waals surface area contributed by atoms with Gasteiger partial charge in [0.2, 0.25) is 0 Å². The Morgan fingerprint density at radius 1 is 1.80 bits per heavy atom. The van der Waals surface area contributed by atoms with Gasteiger partial charge in [-0.1, -0.05) is 6.08 Å². The normalized spacial score (nSPS) is 15.5. The highest BCUT2D eigenvalue weighted by atomic mass is 32.2. The first-order chi connectivity index (χ1) is 4.84. The molecule has 0 fully saturated rings. The summed E-state index contributed by atoms with van der Waals surface area (Å²) in [6.45, 7) is 0. The summed E-state index contributed by atoms with van der Waals surface area (Å²) >= 11 is 1.35. The van der Waals surface area contributed by atoms with E-state index in [-0.39, 0.29) is 5.97 Å². The third-order valence-electron chi connectivity index (χ3n) is 0.984. The fourth-order valence-electron chi connectivity index (χ4n) is 0.526. The summed E-state index contributed by atoms with van der Waals surface area (Å²) in [5.74, 6) is -0.336. The van der Waals surface area contributed by atoms with Crippen molar-refractivity contribution in [2.45, 2.75) is 0 Å². The number of hydrogen-bond acceptors (Lipinski definition) is 4. The molecule has 0 unspecified atom stereocenters. The summed E-state index contributed by atoms with van der Waals surface area (Å²) < 4.78 is 7.26. The predicted octanol–water partition coefficient (Wildman–Crippen LogP) is 0.808. The average molecular weight is 157 g/mol. The lowest BCUT2D eigenvalue weighted by Gasteiger charge is -2.07. The maximum atomic E-state index is 10.8. The summed E-state index contributed by atoms with van der Waals surface area (Å²) in [4.78, 5) is 10.8. The minimum absolute atomic E-state index is 0.336. The van der Waals surface area contributed by atoms with E-state index >= 15 is 0 Å². The number of carbonyl (C=O) groups excluding carboxylic acids is 1. The number of nitrogens with one attached hydrogen (secondary N) is 1. The van der Waals surface area contributed by atoms with Gasteiger partial charge in [0.1, 0.15) is 5.70 Å². The van der Waals surface area contributed by atoms with Gasteiger partial charge in [0, 0.05) is 0 Å². The maximum absolute atomic E-state index is 10.8. The molecule has 0 saturated heterocycles. The molecule has 4 heteroatoms. The molecule has 1 aliphatic heterocycles. The molecule has 0 amide bonds. The fraction of sp³-hybridized carbons (Fsp3) is 0.167. The number of esters is 1. The predicted molar refractivity (Wildman–Crippen MR) is 40.0 cm³/mol. The quantitative estimate of drug-likeness (QED) is 0.451. The molecule has 0 atom stereocenters. The molecular formula is C6H7NO2S. The Hall–Kier alpha value is -0.900. The van der Waals surface area contributed by atoms with Crippen LogP contribution in [0.5, 0.6) is 0 Å². The van der Waals surface area contributed by atoms with Crippen molar-refractivity contribution in [3.05, 3.63) is 23.3 Å². The molecule has 54 valence electrons. The zero-order valence-electron chi connectivity index (χ0n) is 5.46. The standard InChI is InChI=1S/C6H7NO2S/c1-9-6(8)5-3-2-4-10-7-5/h2-4,7H,1H3. The van der Waals surface area contributed by atoms with Crippen LogP contribution in [0, 0.1) is 0 Å². The summed E-state index contributed by atoms with van der Waals surface area (Å²) in [5.41, 5.74) is 0.481. The van der Waals surface area contributed by atoms with E-state index in [9.17, 15) is 4.79 Å². The molecule has 0 aromatic carbocycles. The van der Waals surface area contributed by atoms with E-state index in [4.69, 9.17) is 0 Å². The van der Waals surface area contributed by atoms with E-state index in [1.54, 1.807) is 12.2 Å². The van der Waals surface area contributed by atoms with Gasteiger partial charge in [0.15, 0.2) is 0 Å². The minimum atomic E-state index is -0.336. The molecule has 0 spiro atoms. The lowest BCUT2D eigenvalue weighted by molar-refractivity contribution is -0.136. The van der Waals surface area contributed by atoms with E-state index in [1.807, 2.05) is 5.41 Å². The Bertz CT molecular complexity index is 198. The Morgan fingerprint density at radius 3 is 3.10 bits per heavy atom. The highest BCUT2D eigenvalue weighted by Crippen LogP contribution is 2.08. The molecule has 0 aliphatic carbocycles. The second-order valence-corrected chi connectivity index (χ2v) is 2.33. The average Bonchev–Trinajstić information content (AvgIpc) is 2.05. The van der Waals surface area contributed by atoms with Gasteiger partial charge in [-0.15, -0.1) is 0 Å². The molecule has 1 heterocycles. The van der Waals surface area contributed by atoms with Crippen molar-refractivity contribution in [2.24, 2.45) is 0 Å². The van der Waals surface area contributed by atoms with Gasteiger partial charge in [0.25, 0.3) is 0 Å². The van der Waals surface area contributed by atoms with Crippen LogP contribution in [-0.2, 0) is 9.53 Å². The number of carbonyl (C=O) groups is 1. The van der Waals surface area contributed by atoms with E-state index in [2.05, 4.69) is 9.46 Å². The highest BCUT2D eigenvalue weighted by Gasteiger charge is 2.08. The third-order valence-corrected chi connectivity index (χ3v) is 1.61. The summed E-state index contributed by atoms with van der Waals surface area (Å²) in [6.07, 6.45) is 3.45. The molecule has 0 bridgehead atoms. The number of rotatable bonds is 1.